The predicted molar refractivity (Wildman–Crippen MR) is 115 cm³/mol. The molecule has 1 aromatic rings. The molecule has 1 aromatic carbocycles. The molecule has 0 radical (unpaired) electrons. The predicted octanol–water partition coefficient (Wildman–Crippen LogP) is 3.72. The summed E-state index contributed by atoms with van der Waals surface area (Å²) in [4.78, 5) is 39.0. The van der Waals surface area contributed by atoms with E-state index in [-0.39, 0.29) is 59.5 Å². The van der Waals surface area contributed by atoms with E-state index < -0.39 is 5.97 Å². The number of benzene rings is 1. The fraction of sp³-hybridized carbons (Fsp3) is 0.625. The van der Waals surface area contributed by atoms with Gasteiger partial charge in [0.25, 0.3) is 5.91 Å². The number of esters is 1. The smallest absolute Gasteiger partial charge is 0.306 e. The molecule has 7 nitrogen and oxygen atoms in total. The van der Waals surface area contributed by atoms with Gasteiger partial charge in [0, 0.05) is 24.6 Å². The van der Waals surface area contributed by atoms with E-state index in [1.54, 1.807) is 6.92 Å². The van der Waals surface area contributed by atoms with Crippen LogP contribution < -0.4 is 4.74 Å². The van der Waals surface area contributed by atoms with Crippen LogP contribution in [0.5, 0.6) is 11.5 Å². The molecule has 1 amide bonds. The third kappa shape index (κ3) is 5.57. The highest BCUT2D eigenvalue weighted by molar-refractivity contribution is 5.98. The second kappa shape index (κ2) is 8.89. The molecule has 0 unspecified atom stereocenters. The Kier molecular flexibility index (Phi) is 6.62. The number of hydrogen-bond donors (Lipinski definition) is 1. The first kappa shape index (κ1) is 23.1. The molecular formula is C24H33NO6. The van der Waals surface area contributed by atoms with Crippen molar-refractivity contribution in [2.75, 3.05) is 19.8 Å². The number of Topliss-reactive ketones (excluding diaryl/α,β-unsaturated/α-hetero) is 1. The SMILES string of the molecule is CCOc1cc(C(=O)CCC(=O)OCC(=O)N2C[C@@]3(C)C[C@H]2CC(C)(C)C3)ccc1O. The fourth-order valence-electron chi connectivity index (χ4n) is 5.37. The topological polar surface area (TPSA) is 93.1 Å². The number of carbonyl (C=O) groups excluding carboxylic acids is 3. The molecule has 0 aromatic heterocycles. The van der Waals surface area contributed by atoms with Gasteiger partial charge in [-0.2, -0.15) is 0 Å². The number of aromatic hydroxyl groups is 1. The average molecular weight is 432 g/mol. The molecule has 1 heterocycles. The monoisotopic (exact) mass is 431 g/mol. The van der Waals surface area contributed by atoms with Crippen LogP contribution >= 0.6 is 0 Å². The van der Waals surface area contributed by atoms with Crippen LogP contribution in [-0.2, 0) is 14.3 Å². The maximum atomic E-state index is 12.7. The fourth-order valence-corrected chi connectivity index (χ4v) is 5.37. The molecule has 170 valence electrons. The summed E-state index contributed by atoms with van der Waals surface area (Å²) in [7, 11) is 0. The van der Waals surface area contributed by atoms with Crippen molar-refractivity contribution >= 4 is 17.7 Å². The molecule has 7 heteroatoms. The van der Waals surface area contributed by atoms with E-state index in [9.17, 15) is 19.5 Å². The molecule has 2 bridgehead atoms. The van der Waals surface area contributed by atoms with E-state index in [1.165, 1.54) is 18.2 Å². The number of nitrogens with zero attached hydrogens (tertiary/aromatic N) is 1. The van der Waals surface area contributed by atoms with Gasteiger partial charge >= 0.3 is 5.97 Å². The van der Waals surface area contributed by atoms with Crippen molar-refractivity contribution in [3.8, 4) is 11.5 Å². The minimum absolute atomic E-state index is 0.0397. The maximum Gasteiger partial charge on any atom is 0.306 e. The molecule has 2 aliphatic rings. The van der Waals surface area contributed by atoms with Gasteiger partial charge < -0.3 is 19.5 Å². The lowest BCUT2D eigenvalue weighted by molar-refractivity contribution is -0.152. The normalized spacial score (nSPS) is 24.0. The van der Waals surface area contributed by atoms with Crippen LogP contribution in [0.3, 0.4) is 0 Å². The zero-order valence-electron chi connectivity index (χ0n) is 18.9. The largest absolute Gasteiger partial charge is 0.504 e. The number of phenols is 1. The van der Waals surface area contributed by atoms with Gasteiger partial charge in [-0.25, -0.2) is 0 Å². The molecule has 0 spiro atoms. The van der Waals surface area contributed by atoms with Crippen LogP contribution in [0.15, 0.2) is 18.2 Å². The lowest BCUT2D eigenvalue weighted by atomic mass is 9.65. The lowest BCUT2D eigenvalue weighted by Crippen LogP contribution is -2.39. The minimum Gasteiger partial charge on any atom is -0.504 e. The van der Waals surface area contributed by atoms with E-state index in [1.807, 2.05) is 4.90 Å². The van der Waals surface area contributed by atoms with Crippen LogP contribution in [0.4, 0.5) is 0 Å². The first-order valence-corrected chi connectivity index (χ1v) is 11.0. The third-order valence-electron chi connectivity index (χ3n) is 6.23. The number of phenolic OH excluding ortho intramolecular Hbond substituents is 1. The first-order valence-electron chi connectivity index (χ1n) is 11.0. The van der Waals surface area contributed by atoms with E-state index in [0.717, 1.165) is 19.3 Å². The Labute approximate surface area is 183 Å². The molecular weight excluding hydrogens is 398 g/mol. The minimum atomic E-state index is -0.570. The van der Waals surface area contributed by atoms with Gasteiger partial charge in [-0.3, -0.25) is 14.4 Å². The third-order valence-corrected chi connectivity index (χ3v) is 6.23. The Morgan fingerprint density at radius 2 is 1.90 bits per heavy atom. The Morgan fingerprint density at radius 3 is 2.61 bits per heavy atom. The van der Waals surface area contributed by atoms with Gasteiger partial charge in [-0.05, 0) is 55.2 Å². The number of ketones is 1. The van der Waals surface area contributed by atoms with Crippen molar-refractivity contribution in [2.45, 2.75) is 65.8 Å². The van der Waals surface area contributed by atoms with Gasteiger partial charge in [0.15, 0.2) is 23.9 Å². The second-order valence-corrected chi connectivity index (χ2v) is 9.93. The number of fused-ring (bicyclic) bond motifs is 2. The number of likely N-dealkylation sites (tertiary alicyclic amines) is 1. The van der Waals surface area contributed by atoms with E-state index >= 15 is 0 Å². The molecule has 1 N–H and O–H groups in total. The van der Waals surface area contributed by atoms with Gasteiger partial charge in [0.05, 0.1) is 13.0 Å². The van der Waals surface area contributed by atoms with Crippen molar-refractivity contribution in [1.82, 2.24) is 4.90 Å². The molecule has 1 saturated carbocycles. The van der Waals surface area contributed by atoms with Crippen molar-refractivity contribution in [3.63, 3.8) is 0 Å². The van der Waals surface area contributed by atoms with Crippen molar-refractivity contribution in [1.29, 1.82) is 0 Å². The standard InChI is InChI=1S/C24H33NO6/c1-5-30-20-10-16(6-7-19(20)27)18(26)8-9-22(29)31-13-21(28)25-15-24(4)12-17(25)11-23(2,3)14-24/h6-7,10,17,27H,5,8-9,11-15H2,1-4H3/t17-,24+/m1/s1. The number of ether oxygens (including phenoxy) is 2. The van der Waals surface area contributed by atoms with Gasteiger partial charge in [0.1, 0.15) is 0 Å². The van der Waals surface area contributed by atoms with E-state index in [2.05, 4.69) is 20.8 Å². The first-order chi connectivity index (χ1) is 14.5. The van der Waals surface area contributed by atoms with Gasteiger partial charge in [0.2, 0.25) is 0 Å². The summed E-state index contributed by atoms with van der Waals surface area (Å²) in [5.41, 5.74) is 0.688. The highest BCUT2D eigenvalue weighted by Crippen LogP contribution is 2.52. The molecule has 2 atom stereocenters. The molecule has 2 fully saturated rings. The number of amides is 1. The van der Waals surface area contributed by atoms with Crippen molar-refractivity contribution < 1.29 is 29.0 Å². The van der Waals surface area contributed by atoms with Crippen LogP contribution in [0.2, 0.25) is 0 Å². The van der Waals surface area contributed by atoms with Gasteiger partial charge in [-0.15, -0.1) is 0 Å². The Hall–Kier alpha value is -2.57. The lowest BCUT2D eigenvalue weighted by Gasteiger charge is -2.39. The quantitative estimate of drug-likeness (QED) is 0.498. The molecule has 31 heavy (non-hydrogen) atoms. The summed E-state index contributed by atoms with van der Waals surface area (Å²) in [6.45, 7) is 9.28. The highest BCUT2D eigenvalue weighted by Gasteiger charge is 2.50. The summed E-state index contributed by atoms with van der Waals surface area (Å²) in [5.74, 6) is -0.799. The number of carbonyl (C=O) groups is 3. The van der Waals surface area contributed by atoms with Crippen molar-refractivity contribution in [2.24, 2.45) is 10.8 Å². The van der Waals surface area contributed by atoms with E-state index in [4.69, 9.17) is 9.47 Å². The number of hydrogen-bond acceptors (Lipinski definition) is 6. The molecule has 1 aliphatic heterocycles. The zero-order valence-corrected chi connectivity index (χ0v) is 18.9. The molecule has 1 aliphatic carbocycles. The number of rotatable bonds is 8. The highest BCUT2D eigenvalue weighted by atomic mass is 16.5. The van der Waals surface area contributed by atoms with Crippen LogP contribution in [0, 0.1) is 10.8 Å². The van der Waals surface area contributed by atoms with Gasteiger partial charge in [-0.1, -0.05) is 20.8 Å². The summed E-state index contributed by atoms with van der Waals surface area (Å²) in [6, 6.07) is 4.55. The zero-order chi connectivity index (χ0) is 22.8. The Balaban J connectivity index is 1.47. The average Bonchev–Trinajstić information content (AvgIpc) is 2.94. The van der Waals surface area contributed by atoms with Crippen LogP contribution in [0.1, 0.15) is 70.2 Å². The van der Waals surface area contributed by atoms with Crippen LogP contribution in [-0.4, -0.2) is 53.5 Å². The molecule has 3 rings (SSSR count). The molecule has 1 saturated heterocycles. The van der Waals surface area contributed by atoms with Crippen LogP contribution in [0.25, 0.3) is 0 Å². The Morgan fingerprint density at radius 1 is 1.16 bits per heavy atom. The second-order valence-electron chi connectivity index (χ2n) is 9.93. The Bertz CT molecular complexity index is 864. The summed E-state index contributed by atoms with van der Waals surface area (Å²) >= 11 is 0. The summed E-state index contributed by atoms with van der Waals surface area (Å²) in [5, 5.41) is 9.73. The van der Waals surface area contributed by atoms with E-state index in [0.29, 0.717) is 18.7 Å². The van der Waals surface area contributed by atoms with Crippen molar-refractivity contribution in [3.05, 3.63) is 23.8 Å². The maximum absolute atomic E-state index is 12.7. The summed E-state index contributed by atoms with van der Waals surface area (Å²) < 4.78 is 10.5. The summed E-state index contributed by atoms with van der Waals surface area (Å²) in [6.07, 6.45) is 2.91.